The van der Waals surface area contributed by atoms with E-state index in [2.05, 4.69) is 37.7 Å². The number of aryl methyl sites for hydroxylation is 1. The molecule has 3 heterocycles. The Morgan fingerprint density at radius 2 is 2.09 bits per heavy atom. The SMILES string of the molecule is C[C@H]1CCc2c1cc(C(O)Nc1ncccn1)c1nccn21. The second-order valence-electron chi connectivity index (χ2n) is 5.68. The van der Waals surface area contributed by atoms with Crippen LogP contribution in [0.1, 0.15) is 42.3 Å². The number of rotatable bonds is 3. The van der Waals surface area contributed by atoms with Gasteiger partial charge in [-0.3, -0.25) is 0 Å². The van der Waals surface area contributed by atoms with Crippen molar-refractivity contribution in [2.75, 3.05) is 5.32 Å². The Hall–Kier alpha value is -2.47. The molecule has 0 saturated heterocycles. The van der Waals surface area contributed by atoms with Crippen LogP contribution < -0.4 is 5.32 Å². The normalized spacial score (nSPS) is 18.4. The first kappa shape index (κ1) is 13.2. The summed E-state index contributed by atoms with van der Waals surface area (Å²) >= 11 is 0. The Kier molecular flexibility index (Phi) is 3.04. The molecule has 1 unspecified atom stereocenters. The van der Waals surface area contributed by atoms with Crippen LogP contribution in [0.25, 0.3) is 5.65 Å². The van der Waals surface area contributed by atoms with Gasteiger partial charge in [0, 0.05) is 36.0 Å². The Balaban J connectivity index is 1.78. The Morgan fingerprint density at radius 3 is 2.91 bits per heavy atom. The molecule has 1 aliphatic carbocycles. The summed E-state index contributed by atoms with van der Waals surface area (Å²) in [4.78, 5) is 12.6. The van der Waals surface area contributed by atoms with E-state index < -0.39 is 6.23 Å². The summed E-state index contributed by atoms with van der Waals surface area (Å²) in [5.41, 5.74) is 4.12. The minimum absolute atomic E-state index is 0.397. The molecule has 0 bridgehead atoms. The number of aromatic nitrogens is 4. The molecule has 3 aromatic rings. The molecular weight excluding hydrogens is 278 g/mol. The second kappa shape index (κ2) is 5.06. The fraction of sp³-hybridized carbons (Fsp3) is 0.312. The van der Waals surface area contributed by atoms with Gasteiger partial charge >= 0.3 is 0 Å². The third kappa shape index (κ3) is 2.03. The lowest BCUT2D eigenvalue weighted by atomic mass is 10.0. The number of pyridine rings is 1. The van der Waals surface area contributed by atoms with Gasteiger partial charge in [-0.15, -0.1) is 0 Å². The van der Waals surface area contributed by atoms with Crippen LogP contribution in [0.5, 0.6) is 0 Å². The minimum Gasteiger partial charge on any atom is -0.369 e. The summed E-state index contributed by atoms with van der Waals surface area (Å²) < 4.78 is 2.09. The first-order valence-electron chi connectivity index (χ1n) is 7.44. The van der Waals surface area contributed by atoms with Crippen molar-refractivity contribution in [1.29, 1.82) is 0 Å². The first-order chi connectivity index (χ1) is 10.7. The van der Waals surface area contributed by atoms with E-state index in [9.17, 15) is 5.11 Å². The van der Waals surface area contributed by atoms with Gasteiger partial charge < -0.3 is 14.8 Å². The van der Waals surface area contributed by atoms with E-state index in [1.54, 1.807) is 24.7 Å². The molecule has 22 heavy (non-hydrogen) atoms. The van der Waals surface area contributed by atoms with Crippen molar-refractivity contribution in [3.8, 4) is 0 Å². The number of hydrogen-bond acceptors (Lipinski definition) is 5. The molecule has 6 nitrogen and oxygen atoms in total. The van der Waals surface area contributed by atoms with Crippen LogP contribution in [-0.2, 0) is 6.42 Å². The van der Waals surface area contributed by atoms with Gasteiger partial charge in [0.2, 0.25) is 5.95 Å². The summed E-state index contributed by atoms with van der Waals surface area (Å²) in [5, 5.41) is 13.5. The molecule has 112 valence electrons. The van der Waals surface area contributed by atoms with Crippen LogP contribution in [-0.4, -0.2) is 24.5 Å². The van der Waals surface area contributed by atoms with E-state index in [4.69, 9.17) is 0 Å². The van der Waals surface area contributed by atoms with Gasteiger partial charge in [-0.1, -0.05) is 6.92 Å². The standard InChI is InChI=1S/C16H17N5O/c1-10-3-4-13-11(10)9-12(14-17-7-8-21(13)14)15(22)20-16-18-5-2-6-19-16/h2,5-10,15,22H,3-4H2,1H3,(H,18,19,20)/t10-,15?/m0/s1. The summed E-state index contributed by atoms with van der Waals surface area (Å²) in [7, 11) is 0. The highest BCUT2D eigenvalue weighted by molar-refractivity contribution is 5.55. The zero-order valence-corrected chi connectivity index (χ0v) is 12.3. The highest BCUT2D eigenvalue weighted by Gasteiger charge is 2.25. The lowest BCUT2D eigenvalue weighted by Gasteiger charge is -2.17. The van der Waals surface area contributed by atoms with Gasteiger partial charge in [-0.25, -0.2) is 15.0 Å². The molecule has 2 N–H and O–H groups in total. The van der Waals surface area contributed by atoms with Crippen LogP contribution in [0, 0.1) is 0 Å². The maximum Gasteiger partial charge on any atom is 0.224 e. The summed E-state index contributed by atoms with van der Waals surface area (Å²) in [5.74, 6) is 0.897. The van der Waals surface area contributed by atoms with Gasteiger partial charge in [-0.05, 0) is 36.5 Å². The molecule has 0 fully saturated rings. The third-order valence-electron chi connectivity index (χ3n) is 4.31. The highest BCUT2D eigenvalue weighted by Crippen LogP contribution is 2.35. The molecule has 0 saturated carbocycles. The van der Waals surface area contributed by atoms with E-state index in [0.29, 0.717) is 11.9 Å². The molecule has 4 rings (SSSR count). The maximum absolute atomic E-state index is 10.6. The monoisotopic (exact) mass is 295 g/mol. The average molecular weight is 295 g/mol. The Labute approximate surface area is 127 Å². The maximum atomic E-state index is 10.6. The predicted octanol–water partition coefficient (Wildman–Crippen LogP) is 2.28. The summed E-state index contributed by atoms with van der Waals surface area (Å²) in [6, 6.07) is 3.80. The van der Waals surface area contributed by atoms with Crippen molar-refractivity contribution in [3.05, 3.63) is 53.7 Å². The van der Waals surface area contributed by atoms with Crippen LogP contribution in [0.2, 0.25) is 0 Å². The molecule has 0 aliphatic heterocycles. The van der Waals surface area contributed by atoms with Gasteiger partial charge in [0.1, 0.15) is 5.65 Å². The number of aliphatic hydroxyl groups excluding tert-OH is 1. The van der Waals surface area contributed by atoms with Crippen molar-refractivity contribution >= 4 is 11.6 Å². The van der Waals surface area contributed by atoms with Crippen molar-refractivity contribution in [2.45, 2.75) is 31.9 Å². The van der Waals surface area contributed by atoms with Crippen molar-refractivity contribution in [3.63, 3.8) is 0 Å². The minimum atomic E-state index is -0.898. The molecule has 3 aromatic heterocycles. The number of nitrogens with zero attached hydrogens (tertiary/aromatic N) is 4. The first-order valence-corrected chi connectivity index (χ1v) is 7.44. The van der Waals surface area contributed by atoms with Crippen LogP contribution in [0.15, 0.2) is 36.9 Å². The molecular formula is C16H17N5O. The van der Waals surface area contributed by atoms with Crippen molar-refractivity contribution in [1.82, 2.24) is 19.4 Å². The molecule has 2 atom stereocenters. The van der Waals surface area contributed by atoms with Crippen LogP contribution >= 0.6 is 0 Å². The smallest absolute Gasteiger partial charge is 0.224 e. The highest BCUT2D eigenvalue weighted by atomic mass is 16.3. The molecule has 0 aromatic carbocycles. The van der Waals surface area contributed by atoms with Gasteiger partial charge in [0.25, 0.3) is 0 Å². The van der Waals surface area contributed by atoms with Crippen molar-refractivity contribution in [2.24, 2.45) is 0 Å². The van der Waals surface area contributed by atoms with Crippen molar-refractivity contribution < 1.29 is 5.11 Å². The Bertz CT molecular complexity index is 814. The average Bonchev–Trinajstić information content (AvgIpc) is 3.14. The zero-order valence-electron chi connectivity index (χ0n) is 12.3. The molecule has 1 aliphatic rings. The zero-order chi connectivity index (χ0) is 15.1. The van der Waals surface area contributed by atoms with Gasteiger partial charge in [0.05, 0.1) is 0 Å². The largest absolute Gasteiger partial charge is 0.369 e. The lowest BCUT2D eigenvalue weighted by Crippen LogP contribution is -2.14. The van der Waals surface area contributed by atoms with Crippen LogP contribution in [0.3, 0.4) is 0 Å². The quantitative estimate of drug-likeness (QED) is 0.725. The number of hydrogen-bond donors (Lipinski definition) is 2. The van der Waals surface area contributed by atoms with E-state index in [1.807, 2.05) is 6.20 Å². The molecule has 6 heteroatoms. The number of aliphatic hydroxyl groups is 1. The number of fused-ring (bicyclic) bond motifs is 3. The number of imidazole rings is 1. The van der Waals surface area contributed by atoms with E-state index in [-0.39, 0.29) is 0 Å². The van der Waals surface area contributed by atoms with E-state index in [0.717, 1.165) is 24.1 Å². The molecule has 0 spiro atoms. The number of anilines is 1. The summed E-state index contributed by atoms with van der Waals surface area (Å²) in [6.45, 7) is 2.22. The van der Waals surface area contributed by atoms with Gasteiger partial charge in [0.15, 0.2) is 6.23 Å². The Morgan fingerprint density at radius 1 is 1.27 bits per heavy atom. The topological polar surface area (TPSA) is 75.3 Å². The predicted molar refractivity (Wildman–Crippen MR) is 82.5 cm³/mol. The summed E-state index contributed by atoms with van der Waals surface area (Å²) in [6.07, 6.45) is 8.29. The van der Waals surface area contributed by atoms with E-state index in [1.165, 1.54) is 11.3 Å². The fourth-order valence-electron chi connectivity index (χ4n) is 3.16. The molecule has 0 radical (unpaired) electrons. The lowest BCUT2D eigenvalue weighted by molar-refractivity contribution is 0.208. The van der Waals surface area contributed by atoms with E-state index >= 15 is 0 Å². The van der Waals surface area contributed by atoms with Crippen LogP contribution in [0.4, 0.5) is 5.95 Å². The third-order valence-corrected chi connectivity index (χ3v) is 4.31. The second-order valence-corrected chi connectivity index (χ2v) is 5.68. The fourth-order valence-corrected chi connectivity index (χ4v) is 3.16. The number of nitrogens with one attached hydrogen (secondary N) is 1. The van der Waals surface area contributed by atoms with Gasteiger partial charge in [-0.2, -0.15) is 0 Å². The molecule has 0 amide bonds.